The molecule has 6 heteroatoms. The number of methoxy groups -OCH3 is 1. The minimum Gasteiger partial charge on any atom is -0.472 e. The van der Waals surface area contributed by atoms with Gasteiger partial charge in [-0.2, -0.15) is 0 Å². The molecule has 0 spiro atoms. The summed E-state index contributed by atoms with van der Waals surface area (Å²) in [4.78, 5) is 22.5. The summed E-state index contributed by atoms with van der Waals surface area (Å²) in [7, 11) is 1.31. The Labute approximate surface area is 83.6 Å². The number of anilines is 1. The van der Waals surface area contributed by atoms with E-state index in [4.69, 9.17) is 4.74 Å². The highest BCUT2D eigenvalue weighted by Crippen LogP contribution is 2.37. The van der Waals surface area contributed by atoms with Gasteiger partial charge in [-0.05, 0) is 6.07 Å². The van der Waals surface area contributed by atoms with E-state index in [0.29, 0.717) is 15.6 Å². The second kappa shape index (κ2) is 3.30. The summed E-state index contributed by atoms with van der Waals surface area (Å²) in [6.45, 7) is -0.00583. The van der Waals surface area contributed by atoms with Crippen molar-refractivity contribution in [2.75, 3.05) is 19.0 Å². The van der Waals surface area contributed by atoms with E-state index < -0.39 is 5.97 Å². The van der Waals surface area contributed by atoms with Crippen LogP contribution in [0.15, 0.2) is 6.07 Å². The van der Waals surface area contributed by atoms with Crippen molar-refractivity contribution in [3.05, 3.63) is 10.9 Å². The monoisotopic (exact) mass is 213 g/mol. The third-order valence-electron chi connectivity index (χ3n) is 1.69. The summed E-state index contributed by atoms with van der Waals surface area (Å²) in [5, 5.41) is 3.14. The SMILES string of the molecule is COC(=O)c1cc2c(s1)OCC(=O)N2. The van der Waals surface area contributed by atoms with Gasteiger partial charge >= 0.3 is 5.97 Å². The Morgan fingerprint density at radius 1 is 1.71 bits per heavy atom. The molecule has 0 atom stereocenters. The second-order valence-corrected chi connectivity index (χ2v) is 3.65. The number of esters is 1. The highest BCUT2D eigenvalue weighted by Gasteiger charge is 2.22. The van der Waals surface area contributed by atoms with Crippen LogP contribution in [-0.2, 0) is 9.53 Å². The van der Waals surface area contributed by atoms with Crippen molar-refractivity contribution < 1.29 is 19.1 Å². The molecule has 5 nitrogen and oxygen atoms in total. The Hall–Kier alpha value is -1.56. The summed E-state index contributed by atoms with van der Waals surface area (Å²) in [5.74, 6) is -0.644. The second-order valence-electron chi connectivity index (χ2n) is 2.64. The maximum Gasteiger partial charge on any atom is 0.348 e. The first-order valence-electron chi connectivity index (χ1n) is 3.85. The minimum absolute atomic E-state index is 0.00583. The van der Waals surface area contributed by atoms with E-state index >= 15 is 0 Å². The van der Waals surface area contributed by atoms with Crippen molar-refractivity contribution in [2.45, 2.75) is 0 Å². The molecule has 1 amide bonds. The molecule has 2 rings (SSSR count). The molecule has 0 saturated heterocycles. The van der Waals surface area contributed by atoms with E-state index in [0.717, 1.165) is 11.3 Å². The number of thiophene rings is 1. The smallest absolute Gasteiger partial charge is 0.348 e. The zero-order valence-corrected chi connectivity index (χ0v) is 8.14. The summed E-state index contributed by atoms with van der Waals surface area (Å²) >= 11 is 1.16. The van der Waals surface area contributed by atoms with Crippen LogP contribution in [0.1, 0.15) is 9.67 Å². The van der Waals surface area contributed by atoms with Crippen LogP contribution < -0.4 is 10.1 Å². The Morgan fingerprint density at radius 2 is 2.50 bits per heavy atom. The van der Waals surface area contributed by atoms with Crippen molar-refractivity contribution in [1.82, 2.24) is 0 Å². The van der Waals surface area contributed by atoms with Gasteiger partial charge in [0.25, 0.3) is 5.91 Å². The van der Waals surface area contributed by atoms with Crippen molar-refractivity contribution in [3.8, 4) is 5.06 Å². The molecule has 0 fully saturated rings. The topological polar surface area (TPSA) is 64.6 Å². The normalized spacial score (nSPS) is 13.9. The lowest BCUT2D eigenvalue weighted by atomic mass is 10.4. The van der Waals surface area contributed by atoms with Gasteiger partial charge in [-0.3, -0.25) is 4.79 Å². The molecule has 2 heterocycles. The van der Waals surface area contributed by atoms with Crippen molar-refractivity contribution in [3.63, 3.8) is 0 Å². The molecule has 0 aromatic carbocycles. The fourth-order valence-electron chi connectivity index (χ4n) is 1.09. The fourth-order valence-corrected chi connectivity index (χ4v) is 1.97. The zero-order chi connectivity index (χ0) is 10.1. The quantitative estimate of drug-likeness (QED) is 0.703. The highest BCUT2D eigenvalue weighted by molar-refractivity contribution is 7.16. The Morgan fingerprint density at radius 3 is 3.21 bits per heavy atom. The fraction of sp³-hybridized carbons (Fsp3) is 0.250. The number of amides is 1. The van der Waals surface area contributed by atoms with Crippen LogP contribution in [0.5, 0.6) is 5.06 Å². The number of hydrogen-bond donors (Lipinski definition) is 1. The summed E-state index contributed by atoms with van der Waals surface area (Å²) in [5.41, 5.74) is 0.534. The molecule has 0 bridgehead atoms. The van der Waals surface area contributed by atoms with Gasteiger partial charge in [0.05, 0.1) is 12.8 Å². The highest BCUT2D eigenvalue weighted by atomic mass is 32.1. The molecule has 0 saturated carbocycles. The van der Waals surface area contributed by atoms with Crippen molar-refractivity contribution in [2.24, 2.45) is 0 Å². The zero-order valence-electron chi connectivity index (χ0n) is 7.33. The largest absolute Gasteiger partial charge is 0.472 e. The molecule has 1 aliphatic heterocycles. The maximum absolute atomic E-state index is 11.1. The third-order valence-corrected chi connectivity index (χ3v) is 2.72. The van der Waals surface area contributed by atoms with Gasteiger partial charge in [-0.15, -0.1) is 0 Å². The average Bonchev–Trinajstić information content (AvgIpc) is 2.59. The number of hydrogen-bond acceptors (Lipinski definition) is 5. The van der Waals surface area contributed by atoms with E-state index in [1.165, 1.54) is 7.11 Å². The van der Waals surface area contributed by atoms with E-state index in [1.807, 2.05) is 0 Å². The summed E-state index contributed by atoms with van der Waals surface area (Å²) in [6, 6.07) is 1.54. The number of ether oxygens (including phenoxy) is 2. The predicted molar refractivity (Wildman–Crippen MR) is 49.8 cm³/mol. The lowest BCUT2D eigenvalue weighted by Gasteiger charge is -2.12. The lowest BCUT2D eigenvalue weighted by molar-refractivity contribution is -0.118. The molecule has 1 aliphatic rings. The van der Waals surface area contributed by atoms with E-state index in [9.17, 15) is 9.59 Å². The predicted octanol–water partition coefficient (Wildman–Crippen LogP) is 0.866. The first kappa shape index (κ1) is 9.01. The Bertz CT molecular complexity index is 398. The number of carbonyl (C=O) groups excluding carboxylic acids is 2. The van der Waals surface area contributed by atoms with E-state index in [1.54, 1.807) is 6.07 Å². The minimum atomic E-state index is -0.428. The molecule has 0 aliphatic carbocycles. The molecule has 74 valence electrons. The lowest BCUT2D eigenvalue weighted by Crippen LogP contribution is -2.24. The van der Waals surface area contributed by atoms with Gasteiger partial charge in [0.15, 0.2) is 11.7 Å². The van der Waals surface area contributed by atoms with Gasteiger partial charge in [0.1, 0.15) is 4.88 Å². The number of rotatable bonds is 1. The number of carbonyl (C=O) groups is 2. The standard InChI is InChI=1S/C8H7NO4S/c1-12-7(11)5-2-4-8(14-5)13-3-6(10)9-4/h2H,3H2,1H3,(H,9,10). The average molecular weight is 213 g/mol. The van der Waals surface area contributed by atoms with Crippen LogP contribution in [0.3, 0.4) is 0 Å². The van der Waals surface area contributed by atoms with Crippen LogP contribution in [0, 0.1) is 0 Å². The molecule has 0 unspecified atom stereocenters. The van der Waals surface area contributed by atoms with E-state index in [2.05, 4.69) is 10.1 Å². The van der Waals surface area contributed by atoms with E-state index in [-0.39, 0.29) is 12.5 Å². The molecular formula is C8H7NO4S. The van der Waals surface area contributed by atoms with Crippen LogP contribution in [0.25, 0.3) is 0 Å². The first-order valence-corrected chi connectivity index (χ1v) is 4.67. The van der Waals surface area contributed by atoms with Gasteiger partial charge in [0.2, 0.25) is 0 Å². The molecule has 0 radical (unpaired) electrons. The van der Waals surface area contributed by atoms with Crippen LogP contribution in [0.2, 0.25) is 0 Å². The maximum atomic E-state index is 11.1. The van der Waals surface area contributed by atoms with Crippen LogP contribution >= 0.6 is 11.3 Å². The summed E-state index contributed by atoms with van der Waals surface area (Å²) in [6.07, 6.45) is 0. The molecule has 14 heavy (non-hydrogen) atoms. The van der Waals surface area contributed by atoms with Crippen molar-refractivity contribution >= 4 is 28.9 Å². The number of fused-ring (bicyclic) bond motifs is 1. The van der Waals surface area contributed by atoms with Crippen LogP contribution in [0.4, 0.5) is 5.69 Å². The first-order chi connectivity index (χ1) is 6.70. The Balaban J connectivity index is 2.32. The van der Waals surface area contributed by atoms with Gasteiger partial charge < -0.3 is 14.8 Å². The number of nitrogens with one attached hydrogen (secondary N) is 1. The molecule has 1 aromatic heterocycles. The van der Waals surface area contributed by atoms with Crippen molar-refractivity contribution in [1.29, 1.82) is 0 Å². The van der Waals surface area contributed by atoms with Gasteiger partial charge in [0, 0.05) is 0 Å². The third kappa shape index (κ3) is 1.44. The molecular weight excluding hydrogens is 206 g/mol. The molecule has 1 aromatic rings. The summed E-state index contributed by atoms with van der Waals surface area (Å²) < 4.78 is 9.65. The van der Waals surface area contributed by atoms with Gasteiger partial charge in [-0.25, -0.2) is 4.79 Å². The molecule has 1 N–H and O–H groups in total. The van der Waals surface area contributed by atoms with Crippen LogP contribution in [-0.4, -0.2) is 25.6 Å². The Kier molecular flexibility index (Phi) is 2.12. The van der Waals surface area contributed by atoms with Gasteiger partial charge in [-0.1, -0.05) is 11.3 Å².